The van der Waals surface area contributed by atoms with E-state index in [0.29, 0.717) is 10.6 Å². The Bertz CT molecular complexity index is 624. The second-order valence-corrected chi connectivity index (χ2v) is 6.18. The van der Waals surface area contributed by atoms with Gasteiger partial charge in [-0.15, -0.1) is 0 Å². The van der Waals surface area contributed by atoms with E-state index in [1.165, 1.54) is 6.07 Å². The van der Waals surface area contributed by atoms with E-state index in [1.807, 2.05) is 24.3 Å². The molecule has 2 atom stereocenters. The maximum Gasteiger partial charge on any atom is 0.128 e. The molecule has 2 aromatic carbocycles. The fourth-order valence-corrected chi connectivity index (χ4v) is 3.75. The summed E-state index contributed by atoms with van der Waals surface area (Å²) in [6.07, 6.45) is 0.844. The van der Waals surface area contributed by atoms with Crippen LogP contribution in [0.1, 0.15) is 29.4 Å². The number of rotatable bonds is 2. The molecule has 1 aliphatic heterocycles. The van der Waals surface area contributed by atoms with Gasteiger partial charge >= 0.3 is 0 Å². The zero-order chi connectivity index (χ0) is 14.8. The maximum atomic E-state index is 14.3. The molecular formula is C17H16Cl2FN. The largest absolute Gasteiger partial charge is 0.316 e. The minimum Gasteiger partial charge on any atom is -0.316 e. The minimum absolute atomic E-state index is 0.0415. The third-order valence-corrected chi connectivity index (χ3v) is 4.83. The van der Waals surface area contributed by atoms with Crippen molar-refractivity contribution in [1.82, 2.24) is 5.32 Å². The summed E-state index contributed by atoms with van der Waals surface area (Å²) in [7, 11) is 0. The Balaban J connectivity index is 2.05. The van der Waals surface area contributed by atoms with Gasteiger partial charge in [-0.25, -0.2) is 4.39 Å². The highest BCUT2D eigenvalue weighted by atomic mass is 35.5. The molecule has 0 bridgehead atoms. The van der Waals surface area contributed by atoms with Gasteiger partial charge in [0.2, 0.25) is 0 Å². The van der Waals surface area contributed by atoms with Crippen LogP contribution in [0.2, 0.25) is 10.0 Å². The standard InChI is InChI=1S/C17H16Cl2FN/c18-14-5-2-1-4-11(14)13-10-21-9-8-12(13)17-15(19)6-3-7-16(17)20/h1-7,12-13,21H,8-10H2. The van der Waals surface area contributed by atoms with Gasteiger partial charge in [0, 0.05) is 28.1 Å². The van der Waals surface area contributed by atoms with Gasteiger partial charge in [-0.1, -0.05) is 47.5 Å². The molecule has 110 valence electrons. The molecule has 21 heavy (non-hydrogen) atoms. The zero-order valence-electron chi connectivity index (χ0n) is 11.5. The molecule has 1 saturated heterocycles. The van der Waals surface area contributed by atoms with Crippen molar-refractivity contribution in [2.75, 3.05) is 13.1 Å². The lowest BCUT2D eigenvalue weighted by Gasteiger charge is -2.34. The van der Waals surface area contributed by atoms with Crippen LogP contribution in [0.5, 0.6) is 0 Å². The molecule has 2 unspecified atom stereocenters. The topological polar surface area (TPSA) is 12.0 Å². The maximum absolute atomic E-state index is 14.3. The molecular weight excluding hydrogens is 308 g/mol. The first-order chi connectivity index (χ1) is 10.2. The highest BCUT2D eigenvalue weighted by molar-refractivity contribution is 6.32. The van der Waals surface area contributed by atoms with Gasteiger partial charge in [-0.3, -0.25) is 0 Å². The number of halogens is 3. The SMILES string of the molecule is Fc1cccc(Cl)c1C1CCNCC1c1ccccc1Cl. The summed E-state index contributed by atoms with van der Waals surface area (Å²) in [5, 5.41) is 4.60. The number of hydrogen-bond acceptors (Lipinski definition) is 1. The Morgan fingerprint density at radius 1 is 0.952 bits per heavy atom. The van der Waals surface area contributed by atoms with E-state index in [-0.39, 0.29) is 17.7 Å². The molecule has 4 heteroatoms. The normalized spacial score (nSPS) is 22.2. The average molecular weight is 324 g/mol. The molecule has 0 aromatic heterocycles. The summed E-state index contributed by atoms with van der Waals surface area (Å²) >= 11 is 12.6. The minimum atomic E-state index is -0.230. The predicted octanol–water partition coefficient (Wildman–Crippen LogP) is 4.99. The molecule has 0 aliphatic carbocycles. The number of hydrogen-bond donors (Lipinski definition) is 1. The van der Waals surface area contributed by atoms with Crippen molar-refractivity contribution in [1.29, 1.82) is 0 Å². The van der Waals surface area contributed by atoms with Gasteiger partial charge in [0.1, 0.15) is 5.82 Å². The van der Waals surface area contributed by atoms with Crippen LogP contribution >= 0.6 is 23.2 Å². The van der Waals surface area contributed by atoms with Crippen molar-refractivity contribution in [2.24, 2.45) is 0 Å². The van der Waals surface area contributed by atoms with Gasteiger partial charge in [0.05, 0.1) is 0 Å². The molecule has 1 N–H and O–H groups in total. The Hall–Kier alpha value is -1.09. The summed E-state index contributed by atoms with van der Waals surface area (Å²) < 4.78 is 14.3. The van der Waals surface area contributed by atoms with Crippen LogP contribution < -0.4 is 5.32 Å². The quantitative estimate of drug-likeness (QED) is 0.820. The third-order valence-electron chi connectivity index (χ3n) is 4.16. The summed E-state index contributed by atoms with van der Waals surface area (Å²) in [6, 6.07) is 12.7. The van der Waals surface area contributed by atoms with Crippen LogP contribution in [0.3, 0.4) is 0 Å². The van der Waals surface area contributed by atoms with Crippen LogP contribution in [-0.2, 0) is 0 Å². The summed E-state index contributed by atoms with van der Waals surface area (Å²) in [5.41, 5.74) is 1.67. The Kier molecular flexibility index (Phi) is 4.48. The van der Waals surface area contributed by atoms with Gasteiger partial charge < -0.3 is 5.32 Å². The summed E-state index contributed by atoms with van der Waals surface area (Å²) in [5.74, 6) is -0.0619. The molecule has 1 heterocycles. The molecule has 0 radical (unpaired) electrons. The van der Waals surface area contributed by atoms with E-state index < -0.39 is 0 Å². The molecule has 0 spiro atoms. The van der Waals surface area contributed by atoms with Crippen LogP contribution in [0.15, 0.2) is 42.5 Å². The lowest BCUT2D eigenvalue weighted by molar-refractivity contribution is 0.393. The van der Waals surface area contributed by atoms with Gasteiger partial charge in [0.15, 0.2) is 0 Å². The van der Waals surface area contributed by atoms with Crippen LogP contribution in [0, 0.1) is 5.82 Å². The van der Waals surface area contributed by atoms with E-state index in [2.05, 4.69) is 5.32 Å². The van der Waals surface area contributed by atoms with E-state index in [4.69, 9.17) is 23.2 Å². The molecule has 0 amide bonds. The zero-order valence-corrected chi connectivity index (χ0v) is 13.0. The van der Waals surface area contributed by atoms with Crippen molar-refractivity contribution in [3.8, 4) is 0 Å². The fraction of sp³-hybridized carbons (Fsp3) is 0.294. The Morgan fingerprint density at radius 2 is 1.71 bits per heavy atom. The number of nitrogens with one attached hydrogen (secondary N) is 1. The van der Waals surface area contributed by atoms with E-state index >= 15 is 0 Å². The molecule has 1 fully saturated rings. The first kappa shape index (κ1) is 14.8. The molecule has 1 nitrogen and oxygen atoms in total. The smallest absolute Gasteiger partial charge is 0.128 e. The Labute approximate surface area is 134 Å². The van der Waals surface area contributed by atoms with Gasteiger partial charge in [0.25, 0.3) is 0 Å². The second kappa shape index (κ2) is 6.35. The molecule has 1 aliphatic rings. The van der Waals surface area contributed by atoms with Crippen molar-refractivity contribution < 1.29 is 4.39 Å². The van der Waals surface area contributed by atoms with E-state index in [9.17, 15) is 4.39 Å². The second-order valence-electron chi connectivity index (χ2n) is 5.36. The highest BCUT2D eigenvalue weighted by Crippen LogP contribution is 2.43. The van der Waals surface area contributed by atoms with E-state index in [1.54, 1.807) is 12.1 Å². The van der Waals surface area contributed by atoms with Crippen molar-refractivity contribution in [3.63, 3.8) is 0 Å². The third kappa shape index (κ3) is 2.94. The predicted molar refractivity (Wildman–Crippen MR) is 85.8 cm³/mol. The first-order valence-corrected chi connectivity index (χ1v) is 7.83. The average Bonchev–Trinajstić information content (AvgIpc) is 2.48. The lowest BCUT2D eigenvalue weighted by atomic mass is 9.77. The van der Waals surface area contributed by atoms with Gasteiger partial charge in [-0.05, 0) is 42.6 Å². The van der Waals surface area contributed by atoms with E-state index in [0.717, 1.165) is 30.1 Å². The summed E-state index contributed by atoms with van der Waals surface area (Å²) in [6.45, 7) is 1.63. The molecule has 0 saturated carbocycles. The van der Waals surface area contributed by atoms with Crippen LogP contribution in [0.25, 0.3) is 0 Å². The van der Waals surface area contributed by atoms with Crippen molar-refractivity contribution >= 4 is 23.2 Å². The van der Waals surface area contributed by atoms with Crippen LogP contribution in [0.4, 0.5) is 4.39 Å². The molecule has 2 aromatic rings. The Morgan fingerprint density at radius 3 is 2.48 bits per heavy atom. The van der Waals surface area contributed by atoms with Crippen molar-refractivity contribution in [3.05, 3.63) is 69.5 Å². The highest BCUT2D eigenvalue weighted by Gasteiger charge is 2.32. The number of piperidine rings is 1. The lowest BCUT2D eigenvalue weighted by Crippen LogP contribution is -2.34. The van der Waals surface area contributed by atoms with Crippen molar-refractivity contribution in [2.45, 2.75) is 18.3 Å². The monoisotopic (exact) mass is 323 g/mol. The van der Waals surface area contributed by atoms with Gasteiger partial charge in [-0.2, -0.15) is 0 Å². The number of benzene rings is 2. The summed E-state index contributed by atoms with van der Waals surface area (Å²) in [4.78, 5) is 0. The first-order valence-electron chi connectivity index (χ1n) is 7.07. The van der Waals surface area contributed by atoms with Crippen LogP contribution in [-0.4, -0.2) is 13.1 Å². The fourth-order valence-electron chi connectivity index (χ4n) is 3.17. The molecule has 3 rings (SSSR count).